The molecule has 1 aromatic rings. The van der Waals surface area contributed by atoms with Crippen LogP contribution in [-0.2, 0) is 9.84 Å². The van der Waals surface area contributed by atoms with Crippen LogP contribution in [0.4, 0.5) is 0 Å². The summed E-state index contributed by atoms with van der Waals surface area (Å²) in [4.78, 5) is 0.263. The predicted octanol–water partition coefficient (Wildman–Crippen LogP) is 1.75. The summed E-state index contributed by atoms with van der Waals surface area (Å²) in [5.74, 6) is 0.592. The van der Waals surface area contributed by atoms with Crippen molar-refractivity contribution >= 4 is 9.84 Å². The lowest BCUT2D eigenvalue weighted by molar-refractivity contribution is 0.268. The fourth-order valence-corrected chi connectivity index (χ4v) is 2.36. The molecule has 0 radical (unpaired) electrons. The Balaban J connectivity index is 2.57. The van der Waals surface area contributed by atoms with Gasteiger partial charge in [0.15, 0.2) is 9.84 Å². The largest absolute Gasteiger partial charge is 0.493 e. The molecule has 110 valence electrons. The minimum atomic E-state index is -3.18. The minimum absolute atomic E-state index is 0.263. The SMILES string of the molecule is CCNC(C)(C#N)CCOc1ccc(S(C)(=O)=O)cc1. The summed E-state index contributed by atoms with van der Waals surface area (Å²) in [6.45, 7) is 4.87. The van der Waals surface area contributed by atoms with Crippen LogP contribution in [-0.4, -0.2) is 33.4 Å². The van der Waals surface area contributed by atoms with E-state index < -0.39 is 15.4 Å². The van der Waals surface area contributed by atoms with Gasteiger partial charge in [-0.1, -0.05) is 6.92 Å². The fourth-order valence-electron chi connectivity index (χ4n) is 1.73. The fraction of sp³-hybridized carbons (Fsp3) is 0.500. The quantitative estimate of drug-likeness (QED) is 0.829. The molecule has 1 unspecified atom stereocenters. The number of nitrogens with zero attached hydrogens (tertiary/aromatic N) is 1. The third-order valence-corrected chi connectivity index (χ3v) is 4.06. The Bertz CT molecular complexity index is 575. The van der Waals surface area contributed by atoms with E-state index in [0.29, 0.717) is 25.3 Å². The van der Waals surface area contributed by atoms with Crippen molar-refractivity contribution in [2.75, 3.05) is 19.4 Å². The van der Waals surface area contributed by atoms with Crippen LogP contribution >= 0.6 is 0 Å². The summed E-state index contributed by atoms with van der Waals surface area (Å²) in [6.07, 6.45) is 1.71. The second kappa shape index (κ2) is 6.73. The van der Waals surface area contributed by atoms with E-state index in [9.17, 15) is 8.42 Å². The van der Waals surface area contributed by atoms with Crippen LogP contribution in [0.15, 0.2) is 29.2 Å². The molecule has 0 heterocycles. The highest BCUT2D eigenvalue weighted by molar-refractivity contribution is 7.90. The smallest absolute Gasteiger partial charge is 0.175 e. The summed E-state index contributed by atoms with van der Waals surface area (Å²) in [7, 11) is -3.18. The first kappa shape index (κ1) is 16.5. The van der Waals surface area contributed by atoms with Crippen LogP contribution in [0.3, 0.4) is 0 Å². The van der Waals surface area contributed by atoms with E-state index in [2.05, 4.69) is 11.4 Å². The molecule has 20 heavy (non-hydrogen) atoms. The van der Waals surface area contributed by atoms with E-state index in [1.165, 1.54) is 12.1 Å². The van der Waals surface area contributed by atoms with Crippen LogP contribution in [0.1, 0.15) is 20.3 Å². The van der Waals surface area contributed by atoms with Crippen molar-refractivity contribution in [3.8, 4) is 11.8 Å². The van der Waals surface area contributed by atoms with Crippen LogP contribution in [0.5, 0.6) is 5.75 Å². The molecule has 0 aliphatic rings. The molecule has 0 fully saturated rings. The number of hydrogen-bond donors (Lipinski definition) is 1. The molecule has 0 aliphatic heterocycles. The first-order chi connectivity index (χ1) is 9.30. The normalized spacial score (nSPS) is 14.3. The van der Waals surface area contributed by atoms with Gasteiger partial charge in [-0.25, -0.2) is 8.42 Å². The minimum Gasteiger partial charge on any atom is -0.493 e. The Morgan fingerprint density at radius 3 is 2.40 bits per heavy atom. The van der Waals surface area contributed by atoms with Crippen molar-refractivity contribution in [1.29, 1.82) is 5.26 Å². The summed E-state index contributed by atoms with van der Waals surface area (Å²) < 4.78 is 28.2. The van der Waals surface area contributed by atoms with E-state index in [1.54, 1.807) is 12.1 Å². The van der Waals surface area contributed by atoms with Crippen molar-refractivity contribution in [2.45, 2.75) is 30.7 Å². The molecular formula is C14H20N2O3S. The van der Waals surface area contributed by atoms with Crippen molar-refractivity contribution < 1.29 is 13.2 Å². The predicted molar refractivity (Wildman–Crippen MR) is 77.4 cm³/mol. The van der Waals surface area contributed by atoms with E-state index in [1.807, 2.05) is 13.8 Å². The monoisotopic (exact) mass is 296 g/mol. The topological polar surface area (TPSA) is 79.2 Å². The maximum absolute atomic E-state index is 11.3. The second-order valence-corrected chi connectivity index (χ2v) is 6.83. The number of nitriles is 1. The molecule has 1 aromatic carbocycles. The average molecular weight is 296 g/mol. The molecule has 0 amide bonds. The van der Waals surface area contributed by atoms with Gasteiger partial charge in [-0.15, -0.1) is 0 Å². The Hall–Kier alpha value is -1.58. The van der Waals surface area contributed by atoms with Gasteiger partial charge in [-0.2, -0.15) is 5.26 Å². The zero-order chi connectivity index (χ0) is 15.2. The molecule has 0 aliphatic carbocycles. The van der Waals surface area contributed by atoms with Crippen LogP contribution in [0.25, 0.3) is 0 Å². The molecule has 0 bridgehead atoms. The molecule has 1 rings (SSSR count). The van der Waals surface area contributed by atoms with Gasteiger partial charge < -0.3 is 4.74 Å². The first-order valence-corrected chi connectivity index (χ1v) is 8.29. The van der Waals surface area contributed by atoms with Crippen molar-refractivity contribution in [2.24, 2.45) is 0 Å². The van der Waals surface area contributed by atoms with Crippen molar-refractivity contribution in [3.05, 3.63) is 24.3 Å². The van der Waals surface area contributed by atoms with E-state index in [0.717, 1.165) is 6.26 Å². The lowest BCUT2D eigenvalue weighted by Gasteiger charge is -2.22. The number of sulfone groups is 1. The first-order valence-electron chi connectivity index (χ1n) is 6.40. The number of ether oxygens (including phenoxy) is 1. The Morgan fingerprint density at radius 1 is 1.35 bits per heavy atom. The highest BCUT2D eigenvalue weighted by atomic mass is 32.2. The summed E-state index contributed by atoms with van der Waals surface area (Å²) in [5, 5.41) is 12.2. The molecule has 0 saturated heterocycles. The summed E-state index contributed by atoms with van der Waals surface area (Å²) >= 11 is 0. The standard InChI is InChI=1S/C14H20N2O3S/c1-4-16-14(2,11-15)9-10-19-12-5-7-13(8-6-12)20(3,17)18/h5-8,16H,4,9-10H2,1-3H3. The highest BCUT2D eigenvalue weighted by Gasteiger charge is 2.21. The van der Waals surface area contributed by atoms with Crippen molar-refractivity contribution in [1.82, 2.24) is 5.32 Å². The molecule has 0 spiro atoms. The van der Waals surface area contributed by atoms with E-state index >= 15 is 0 Å². The second-order valence-electron chi connectivity index (χ2n) is 4.82. The summed E-state index contributed by atoms with van der Waals surface area (Å²) in [5.41, 5.74) is -0.610. The lowest BCUT2D eigenvalue weighted by atomic mass is 10.0. The molecule has 1 atom stereocenters. The molecule has 5 nitrogen and oxygen atoms in total. The lowest BCUT2D eigenvalue weighted by Crippen LogP contribution is -2.42. The number of rotatable bonds is 7. The Labute approximate surface area is 120 Å². The summed E-state index contributed by atoms with van der Waals surface area (Å²) in [6, 6.07) is 8.49. The number of nitrogens with one attached hydrogen (secondary N) is 1. The van der Waals surface area contributed by atoms with Crippen molar-refractivity contribution in [3.63, 3.8) is 0 Å². The Morgan fingerprint density at radius 2 is 1.95 bits per heavy atom. The van der Waals surface area contributed by atoms with Crippen LogP contribution in [0.2, 0.25) is 0 Å². The molecule has 6 heteroatoms. The van der Waals surface area contributed by atoms with E-state index in [-0.39, 0.29) is 4.90 Å². The Kier molecular flexibility index (Phi) is 5.54. The third-order valence-electron chi connectivity index (χ3n) is 2.94. The average Bonchev–Trinajstić information content (AvgIpc) is 2.38. The van der Waals surface area contributed by atoms with Gasteiger partial charge in [0.25, 0.3) is 0 Å². The van der Waals surface area contributed by atoms with Gasteiger partial charge in [0.05, 0.1) is 17.6 Å². The van der Waals surface area contributed by atoms with Gasteiger partial charge >= 0.3 is 0 Å². The van der Waals surface area contributed by atoms with Gasteiger partial charge in [0.2, 0.25) is 0 Å². The van der Waals surface area contributed by atoms with Gasteiger partial charge in [-0.05, 0) is 37.7 Å². The third kappa shape index (κ3) is 4.83. The van der Waals surface area contributed by atoms with Gasteiger partial charge in [0.1, 0.15) is 11.3 Å². The molecular weight excluding hydrogens is 276 g/mol. The molecule has 0 saturated carbocycles. The highest BCUT2D eigenvalue weighted by Crippen LogP contribution is 2.17. The van der Waals surface area contributed by atoms with Gasteiger partial charge in [0, 0.05) is 12.7 Å². The number of benzene rings is 1. The van der Waals surface area contributed by atoms with Crippen LogP contribution in [0, 0.1) is 11.3 Å². The van der Waals surface area contributed by atoms with Gasteiger partial charge in [-0.3, -0.25) is 5.32 Å². The van der Waals surface area contributed by atoms with Crippen LogP contribution < -0.4 is 10.1 Å². The number of hydrogen-bond acceptors (Lipinski definition) is 5. The maximum atomic E-state index is 11.3. The maximum Gasteiger partial charge on any atom is 0.175 e. The zero-order valence-electron chi connectivity index (χ0n) is 12.0. The molecule has 1 N–H and O–H groups in total. The zero-order valence-corrected chi connectivity index (χ0v) is 12.8. The van der Waals surface area contributed by atoms with E-state index in [4.69, 9.17) is 10.00 Å². The molecule has 0 aromatic heterocycles.